The van der Waals surface area contributed by atoms with Crippen LogP contribution in [0, 0.1) is 5.92 Å². The van der Waals surface area contributed by atoms with E-state index in [4.69, 9.17) is 4.74 Å². The maximum Gasteiger partial charge on any atom is 0.252 e. The molecule has 0 radical (unpaired) electrons. The van der Waals surface area contributed by atoms with Crippen molar-refractivity contribution in [2.45, 2.75) is 39.3 Å². The van der Waals surface area contributed by atoms with Crippen LogP contribution in [0.2, 0.25) is 0 Å². The van der Waals surface area contributed by atoms with Crippen LogP contribution < -0.4 is 10.1 Å². The number of nitrogens with one attached hydrogen (secondary N) is 1. The average molecular weight is 380 g/mol. The number of carbonyl (C=O) groups is 2. The highest BCUT2D eigenvalue weighted by Gasteiger charge is 2.29. The molecule has 0 saturated carbocycles. The molecule has 0 bridgehead atoms. The molecule has 2 amide bonds. The van der Waals surface area contributed by atoms with Crippen LogP contribution in [0.25, 0.3) is 0 Å². The third-order valence-corrected chi connectivity index (χ3v) is 5.08. The van der Waals surface area contributed by atoms with Gasteiger partial charge >= 0.3 is 0 Å². The van der Waals surface area contributed by atoms with Gasteiger partial charge in [-0.1, -0.05) is 44.2 Å². The van der Waals surface area contributed by atoms with Gasteiger partial charge in [0.15, 0.2) is 0 Å². The minimum absolute atomic E-state index is 0.0144. The molecule has 0 saturated heterocycles. The van der Waals surface area contributed by atoms with Crippen molar-refractivity contribution in [3.05, 3.63) is 65.2 Å². The average Bonchev–Trinajstić information content (AvgIpc) is 2.72. The predicted molar refractivity (Wildman–Crippen MR) is 109 cm³/mol. The molecule has 5 heteroatoms. The first kappa shape index (κ1) is 19.9. The zero-order valence-corrected chi connectivity index (χ0v) is 16.8. The summed E-state index contributed by atoms with van der Waals surface area (Å²) in [4.78, 5) is 27.8. The second-order valence-corrected chi connectivity index (χ2v) is 7.67. The first-order chi connectivity index (χ1) is 13.5. The molecule has 148 valence electrons. The minimum Gasteiger partial charge on any atom is -0.497 e. The first-order valence-corrected chi connectivity index (χ1v) is 9.78. The maximum absolute atomic E-state index is 13.2. The number of nitrogens with zero attached hydrogens (tertiary/aromatic N) is 1. The summed E-state index contributed by atoms with van der Waals surface area (Å²) in [6, 6.07) is 14.7. The molecule has 5 nitrogen and oxygen atoms in total. The topological polar surface area (TPSA) is 58.6 Å². The van der Waals surface area contributed by atoms with Gasteiger partial charge in [0.2, 0.25) is 5.91 Å². The monoisotopic (exact) mass is 380 g/mol. The SMILES string of the molecule is COc1cccc(C(=O)N[C@H](CC(C)C)C(=O)N2CCc3ccccc3C2)c1. The van der Waals surface area contributed by atoms with Crippen molar-refractivity contribution in [1.29, 1.82) is 0 Å². The first-order valence-electron chi connectivity index (χ1n) is 9.78. The van der Waals surface area contributed by atoms with Gasteiger partial charge in [-0.15, -0.1) is 0 Å². The highest BCUT2D eigenvalue weighted by molar-refractivity contribution is 5.97. The second kappa shape index (κ2) is 8.91. The second-order valence-electron chi connectivity index (χ2n) is 7.67. The summed E-state index contributed by atoms with van der Waals surface area (Å²) in [7, 11) is 1.57. The number of ether oxygens (including phenoxy) is 1. The summed E-state index contributed by atoms with van der Waals surface area (Å²) in [6.07, 6.45) is 1.45. The molecule has 1 aliphatic heterocycles. The Bertz CT molecular complexity index is 847. The molecule has 0 aromatic heterocycles. The Morgan fingerprint density at radius 2 is 1.86 bits per heavy atom. The van der Waals surface area contributed by atoms with Gasteiger partial charge in [-0.3, -0.25) is 9.59 Å². The van der Waals surface area contributed by atoms with Gasteiger partial charge in [0.05, 0.1) is 7.11 Å². The maximum atomic E-state index is 13.2. The van der Waals surface area contributed by atoms with Crippen molar-refractivity contribution in [1.82, 2.24) is 10.2 Å². The molecule has 3 rings (SSSR count). The van der Waals surface area contributed by atoms with Crippen LogP contribution in [-0.2, 0) is 17.8 Å². The highest BCUT2D eigenvalue weighted by Crippen LogP contribution is 2.21. The van der Waals surface area contributed by atoms with Gasteiger partial charge < -0.3 is 15.0 Å². The van der Waals surface area contributed by atoms with Gasteiger partial charge in [0.1, 0.15) is 11.8 Å². The largest absolute Gasteiger partial charge is 0.497 e. The van der Waals surface area contributed by atoms with Gasteiger partial charge in [-0.25, -0.2) is 0 Å². The lowest BCUT2D eigenvalue weighted by atomic mass is 9.97. The normalized spacial score (nSPS) is 14.4. The van der Waals surface area contributed by atoms with Crippen LogP contribution >= 0.6 is 0 Å². The number of hydrogen-bond donors (Lipinski definition) is 1. The summed E-state index contributed by atoms with van der Waals surface area (Å²) in [6.45, 7) is 5.39. The molecule has 2 aromatic carbocycles. The minimum atomic E-state index is -0.538. The van der Waals surface area contributed by atoms with Crippen LogP contribution in [0.3, 0.4) is 0 Å². The fraction of sp³-hybridized carbons (Fsp3) is 0.391. The van der Waals surface area contributed by atoms with Crippen molar-refractivity contribution >= 4 is 11.8 Å². The third-order valence-electron chi connectivity index (χ3n) is 5.08. The summed E-state index contributed by atoms with van der Waals surface area (Å²) in [5, 5.41) is 2.95. The van der Waals surface area contributed by atoms with E-state index in [0.29, 0.717) is 30.8 Å². The van der Waals surface area contributed by atoms with Crippen molar-refractivity contribution in [3.8, 4) is 5.75 Å². The number of methoxy groups -OCH3 is 1. The van der Waals surface area contributed by atoms with Crippen LogP contribution in [0.1, 0.15) is 41.8 Å². The van der Waals surface area contributed by atoms with Gasteiger partial charge in [0.25, 0.3) is 5.91 Å². The number of amides is 2. The van der Waals surface area contributed by atoms with E-state index in [0.717, 1.165) is 6.42 Å². The van der Waals surface area contributed by atoms with E-state index in [9.17, 15) is 9.59 Å². The summed E-state index contributed by atoms with van der Waals surface area (Å²) in [5.41, 5.74) is 2.97. The number of carbonyl (C=O) groups excluding carboxylic acids is 2. The van der Waals surface area contributed by atoms with Crippen molar-refractivity contribution in [2.75, 3.05) is 13.7 Å². The molecule has 1 atom stereocenters. The van der Waals surface area contributed by atoms with Gasteiger partial charge in [-0.05, 0) is 48.1 Å². The molecule has 1 heterocycles. The van der Waals surface area contributed by atoms with Crippen LogP contribution in [0.15, 0.2) is 48.5 Å². The molecule has 1 N–H and O–H groups in total. The fourth-order valence-corrected chi connectivity index (χ4v) is 3.60. The van der Waals surface area contributed by atoms with Crippen LogP contribution in [0.5, 0.6) is 5.75 Å². The Balaban J connectivity index is 1.74. The Hall–Kier alpha value is -2.82. The number of rotatable bonds is 6. The Labute approximate surface area is 166 Å². The Morgan fingerprint density at radius 1 is 1.11 bits per heavy atom. The van der Waals surface area contributed by atoms with Gasteiger partial charge in [-0.2, -0.15) is 0 Å². The quantitative estimate of drug-likeness (QED) is 0.835. The van der Waals surface area contributed by atoms with E-state index in [2.05, 4.69) is 31.3 Å². The lowest BCUT2D eigenvalue weighted by molar-refractivity contribution is -0.134. The summed E-state index contributed by atoms with van der Waals surface area (Å²) in [5.74, 6) is 0.637. The highest BCUT2D eigenvalue weighted by atomic mass is 16.5. The molecule has 28 heavy (non-hydrogen) atoms. The lowest BCUT2D eigenvalue weighted by Crippen LogP contribution is -2.50. The fourth-order valence-electron chi connectivity index (χ4n) is 3.60. The molecule has 0 spiro atoms. The summed E-state index contributed by atoms with van der Waals surface area (Å²) < 4.78 is 5.20. The third kappa shape index (κ3) is 4.71. The smallest absolute Gasteiger partial charge is 0.252 e. The van der Waals surface area contributed by atoms with Crippen molar-refractivity contribution in [3.63, 3.8) is 0 Å². The van der Waals surface area contributed by atoms with E-state index in [1.807, 2.05) is 17.0 Å². The Morgan fingerprint density at radius 3 is 2.57 bits per heavy atom. The zero-order chi connectivity index (χ0) is 20.1. The van der Waals surface area contributed by atoms with Crippen molar-refractivity contribution < 1.29 is 14.3 Å². The zero-order valence-electron chi connectivity index (χ0n) is 16.8. The Kier molecular flexibility index (Phi) is 6.34. The van der Waals surface area contributed by atoms with E-state index in [1.165, 1.54) is 11.1 Å². The van der Waals surface area contributed by atoms with E-state index in [1.54, 1.807) is 31.4 Å². The molecule has 0 aliphatic carbocycles. The van der Waals surface area contributed by atoms with Crippen LogP contribution in [-0.4, -0.2) is 36.4 Å². The molecular formula is C23H28N2O3. The molecular weight excluding hydrogens is 352 g/mol. The number of hydrogen-bond acceptors (Lipinski definition) is 3. The van der Waals surface area contributed by atoms with E-state index >= 15 is 0 Å². The molecule has 0 unspecified atom stereocenters. The summed E-state index contributed by atoms with van der Waals surface area (Å²) >= 11 is 0. The molecule has 2 aromatic rings. The molecule has 0 fully saturated rings. The van der Waals surface area contributed by atoms with Gasteiger partial charge in [0, 0.05) is 18.7 Å². The van der Waals surface area contributed by atoms with Crippen LogP contribution in [0.4, 0.5) is 0 Å². The standard InChI is InChI=1S/C23H28N2O3/c1-16(2)13-21(24-22(26)18-9-6-10-20(14-18)28-3)23(27)25-12-11-17-7-4-5-8-19(17)15-25/h4-10,14,16,21H,11-13,15H2,1-3H3,(H,24,26)/t21-/m1/s1. The number of fused-ring (bicyclic) bond motifs is 1. The molecule has 1 aliphatic rings. The van der Waals surface area contributed by atoms with E-state index < -0.39 is 6.04 Å². The van der Waals surface area contributed by atoms with E-state index in [-0.39, 0.29) is 17.7 Å². The number of benzene rings is 2. The predicted octanol–water partition coefficient (Wildman–Crippen LogP) is 3.42. The van der Waals surface area contributed by atoms with Crippen molar-refractivity contribution in [2.24, 2.45) is 5.92 Å². The lowest BCUT2D eigenvalue weighted by Gasteiger charge is -2.32.